The van der Waals surface area contributed by atoms with Gasteiger partial charge in [-0.2, -0.15) is 0 Å². The summed E-state index contributed by atoms with van der Waals surface area (Å²) >= 11 is 0. The molecular weight excluding hydrogens is 426 g/mol. The van der Waals surface area contributed by atoms with Crippen molar-refractivity contribution in [2.24, 2.45) is 0 Å². The van der Waals surface area contributed by atoms with Crippen LogP contribution in [0.1, 0.15) is 17.2 Å². The molecule has 10 heteroatoms. The van der Waals surface area contributed by atoms with E-state index >= 15 is 0 Å². The van der Waals surface area contributed by atoms with Crippen molar-refractivity contribution in [2.75, 3.05) is 31.3 Å². The summed E-state index contributed by atoms with van der Waals surface area (Å²) in [5.74, 6) is -0.398. The fourth-order valence-electron chi connectivity index (χ4n) is 4.26. The van der Waals surface area contributed by atoms with Crippen molar-refractivity contribution >= 4 is 23.6 Å². The second-order valence-corrected chi connectivity index (χ2v) is 7.57. The molecule has 0 saturated heterocycles. The summed E-state index contributed by atoms with van der Waals surface area (Å²) in [6.07, 6.45) is 1.55. The van der Waals surface area contributed by atoms with Crippen LogP contribution >= 0.6 is 0 Å². The van der Waals surface area contributed by atoms with Crippen LogP contribution in [0.25, 0.3) is 5.69 Å². The number of anilines is 2. The van der Waals surface area contributed by atoms with E-state index in [1.807, 2.05) is 54.4 Å². The van der Waals surface area contributed by atoms with Gasteiger partial charge in [-0.25, -0.2) is 14.6 Å². The molecule has 0 radical (unpaired) electrons. The number of esters is 2. The Morgan fingerprint density at radius 1 is 0.939 bits per heavy atom. The largest absolute Gasteiger partial charge is 0.497 e. The van der Waals surface area contributed by atoms with Crippen LogP contribution < -0.4 is 14.8 Å². The molecule has 3 aromatic rings. The molecule has 2 aliphatic heterocycles. The van der Waals surface area contributed by atoms with Gasteiger partial charge in [-0.1, -0.05) is 29.8 Å². The number of carbonyl (C=O) groups excluding carboxylic acids is 2. The molecule has 0 aliphatic carbocycles. The highest BCUT2D eigenvalue weighted by molar-refractivity contribution is 6.07. The number of rotatable bonds is 4. The number of ether oxygens (including phenoxy) is 3. The first-order valence-electron chi connectivity index (χ1n) is 10.1. The summed E-state index contributed by atoms with van der Waals surface area (Å²) in [6, 6.07) is 12.6. The van der Waals surface area contributed by atoms with Crippen LogP contribution in [0.5, 0.6) is 5.75 Å². The summed E-state index contributed by atoms with van der Waals surface area (Å²) in [7, 11) is 4.12. The maximum atomic E-state index is 13.1. The lowest BCUT2D eigenvalue weighted by Crippen LogP contribution is -2.45. The lowest BCUT2D eigenvalue weighted by molar-refractivity contribution is -0.139. The number of carbonyl (C=O) groups is 2. The fourth-order valence-corrected chi connectivity index (χ4v) is 4.26. The van der Waals surface area contributed by atoms with E-state index in [9.17, 15) is 9.59 Å². The summed E-state index contributed by atoms with van der Waals surface area (Å²) in [4.78, 5) is 26.2. The lowest BCUT2D eigenvalue weighted by Gasteiger charge is -2.40. The zero-order valence-corrected chi connectivity index (χ0v) is 18.5. The first-order valence-corrected chi connectivity index (χ1v) is 10.1. The Bertz CT molecular complexity index is 1300. The van der Waals surface area contributed by atoms with Crippen LogP contribution in [-0.4, -0.2) is 48.0 Å². The number of aryl methyl sites for hydroxylation is 1. The summed E-state index contributed by atoms with van der Waals surface area (Å²) in [5, 5.41) is 11.7. The Labute approximate surface area is 189 Å². The minimum atomic E-state index is -0.698. The third-order valence-corrected chi connectivity index (χ3v) is 5.79. The molecule has 1 atom stereocenters. The van der Waals surface area contributed by atoms with E-state index < -0.39 is 18.0 Å². The predicted octanol–water partition coefficient (Wildman–Crippen LogP) is 2.48. The second-order valence-electron chi connectivity index (χ2n) is 7.57. The molecule has 0 amide bonds. The third kappa shape index (κ3) is 2.94. The molecule has 0 bridgehead atoms. The smallest absolute Gasteiger partial charge is 0.357 e. The van der Waals surface area contributed by atoms with Gasteiger partial charge in [0.1, 0.15) is 18.1 Å². The van der Waals surface area contributed by atoms with Gasteiger partial charge >= 0.3 is 11.9 Å². The average molecular weight is 447 g/mol. The van der Waals surface area contributed by atoms with Gasteiger partial charge in [-0.3, -0.25) is 9.58 Å². The number of nitrogens with zero attached hydrogens (tertiary/aromatic N) is 5. The minimum absolute atomic E-state index is 0.0117. The molecule has 168 valence electrons. The molecule has 0 spiro atoms. The normalized spacial score (nSPS) is 16.2. The zero-order valence-electron chi connectivity index (χ0n) is 18.5. The Morgan fingerprint density at radius 3 is 2.33 bits per heavy atom. The van der Waals surface area contributed by atoms with Gasteiger partial charge in [0.05, 0.1) is 38.3 Å². The van der Waals surface area contributed by atoms with E-state index in [0.29, 0.717) is 17.4 Å². The molecule has 10 nitrogen and oxygen atoms in total. The molecule has 2 aliphatic rings. The van der Waals surface area contributed by atoms with Gasteiger partial charge in [-0.05, 0) is 24.6 Å². The Hall–Kier alpha value is -4.34. The van der Waals surface area contributed by atoms with Crippen LogP contribution in [0, 0.1) is 6.92 Å². The number of aromatic nitrogens is 3. The first kappa shape index (κ1) is 20.6. The summed E-state index contributed by atoms with van der Waals surface area (Å²) in [5.41, 5.74) is 3.44. The summed E-state index contributed by atoms with van der Waals surface area (Å²) in [6.45, 7) is 1.98. The number of hydrazine groups is 1. The monoisotopic (exact) mass is 447 g/mol. The van der Waals surface area contributed by atoms with Crippen molar-refractivity contribution in [3.63, 3.8) is 0 Å². The van der Waals surface area contributed by atoms with E-state index in [-0.39, 0.29) is 11.3 Å². The highest BCUT2D eigenvalue weighted by Gasteiger charge is 2.51. The molecule has 33 heavy (non-hydrogen) atoms. The number of benzene rings is 2. The van der Waals surface area contributed by atoms with Gasteiger partial charge < -0.3 is 14.2 Å². The minimum Gasteiger partial charge on any atom is -0.497 e. The van der Waals surface area contributed by atoms with Crippen LogP contribution in [0.2, 0.25) is 0 Å². The Kier molecular flexibility index (Phi) is 4.77. The van der Waals surface area contributed by atoms with E-state index in [1.165, 1.54) is 14.2 Å². The van der Waals surface area contributed by atoms with E-state index in [2.05, 4.69) is 10.2 Å². The van der Waals surface area contributed by atoms with Gasteiger partial charge in [0.2, 0.25) is 0 Å². The highest BCUT2D eigenvalue weighted by atomic mass is 16.5. The van der Waals surface area contributed by atoms with Crippen molar-refractivity contribution in [3.8, 4) is 11.4 Å². The maximum Gasteiger partial charge on any atom is 0.357 e. The highest BCUT2D eigenvalue weighted by Crippen LogP contribution is 2.50. The molecule has 0 saturated carbocycles. The second kappa shape index (κ2) is 7.66. The topological polar surface area (TPSA) is 99.0 Å². The Balaban J connectivity index is 1.85. The molecular formula is C23H21N5O5. The third-order valence-electron chi connectivity index (χ3n) is 5.79. The molecule has 0 N–H and O–H groups in total. The number of hydrogen-bond acceptors (Lipinski definition) is 9. The molecule has 5 rings (SSSR count). The van der Waals surface area contributed by atoms with Crippen molar-refractivity contribution in [1.29, 1.82) is 0 Å². The van der Waals surface area contributed by atoms with Crippen molar-refractivity contribution in [3.05, 3.63) is 71.2 Å². The molecule has 0 fully saturated rings. The van der Waals surface area contributed by atoms with Gasteiger partial charge in [-0.15, -0.1) is 10.2 Å². The van der Waals surface area contributed by atoms with Crippen LogP contribution in [0.4, 0.5) is 11.6 Å². The van der Waals surface area contributed by atoms with Gasteiger partial charge in [0.25, 0.3) is 5.95 Å². The number of methoxy groups -OCH3 is 3. The van der Waals surface area contributed by atoms with Crippen molar-refractivity contribution < 1.29 is 23.8 Å². The fraction of sp³-hybridized carbons (Fsp3) is 0.217. The first-order chi connectivity index (χ1) is 16.0. The standard InChI is InChI=1S/C23H21N5O5/c1-13-5-7-14(8-6-13)19-18(21(29)32-3)20(22(30)33-4)28-23-25-24-12-26(23)16-10-9-15(31-2)11-17(16)27(19)28/h5-12,19H,1-4H3. The lowest BCUT2D eigenvalue weighted by atomic mass is 9.96. The number of fused-ring (bicyclic) bond motifs is 6. The molecule has 3 heterocycles. The summed E-state index contributed by atoms with van der Waals surface area (Å²) < 4.78 is 17.4. The number of hydrogen-bond donors (Lipinski definition) is 0. The van der Waals surface area contributed by atoms with Crippen LogP contribution in [0.3, 0.4) is 0 Å². The van der Waals surface area contributed by atoms with Crippen molar-refractivity contribution in [2.45, 2.75) is 13.0 Å². The predicted molar refractivity (Wildman–Crippen MR) is 118 cm³/mol. The van der Waals surface area contributed by atoms with E-state index in [1.54, 1.807) is 23.0 Å². The van der Waals surface area contributed by atoms with Gasteiger partial charge in [0.15, 0.2) is 5.70 Å². The SMILES string of the molecule is COC(=O)C1=C(C(=O)OC)N2c3nncn3-c3ccc(OC)cc3N2C1c1ccc(C)cc1. The molecule has 1 unspecified atom stereocenters. The van der Waals surface area contributed by atoms with E-state index in [4.69, 9.17) is 14.2 Å². The average Bonchev–Trinajstić information content (AvgIpc) is 3.46. The van der Waals surface area contributed by atoms with Crippen LogP contribution in [-0.2, 0) is 19.1 Å². The molecule has 2 aromatic carbocycles. The van der Waals surface area contributed by atoms with Gasteiger partial charge in [0, 0.05) is 6.07 Å². The zero-order chi connectivity index (χ0) is 23.3. The quantitative estimate of drug-likeness (QED) is 0.559. The Morgan fingerprint density at radius 2 is 1.67 bits per heavy atom. The van der Waals surface area contributed by atoms with Crippen LogP contribution in [0.15, 0.2) is 60.1 Å². The van der Waals surface area contributed by atoms with E-state index in [0.717, 1.165) is 16.8 Å². The molecule has 1 aromatic heterocycles. The van der Waals surface area contributed by atoms with Crippen molar-refractivity contribution in [1.82, 2.24) is 14.8 Å². The maximum absolute atomic E-state index is 13.1.